The maximum absolute atomic E-state index is 13.7. The molecule has 0 aromatic carbocycles. The molecule has 2 heterocycles. The molecule has 0 aliphatic carbocycles. The predicted molar refractivity (Wildman–Crippen MR) is 69.5 cm³/mol. The van der Waals surface area contributed by atoms with E-state index in [1.54, 1.807) is 0 Å². The van der Waals surface area contributed by atoms with E-state index in [2.05, 4.69) is 4.98 Å². The third-order valence-corrected chi connectivity index (χ3v) is 3.84. The Kier molecular flexibility index (Phi) is 4.10. The summed E-state index contributed by atoms with van der Waals surface area (Å²) in [6, 6.07) is 1.31. The van der Waals surface area contributed by atoms with Crippen LogP contribution in [0.4, 0.5) is 10.2 Å². The summed E-state index contributed by atoms with van der Waals surface area (Å²) >= 11 is 11.8. The monoisotopic (exact) mass is 276 g/mol. The maximum atomic E-state index is 13.7. The first kappa shape index (κ1) is 12.9. The Morgan fingerprint density at radius 2 is 2.12 bits per heavy atom. The zero-order valence-electron chi connectivity index (χ0n) is 9.67. The summed E-state index contributed by atoms with van der Waals surface area (Å²) in [6.07, 6.45) is 3.44. The van der Waals surface area contributed by atoms with Crippen LogP contribution in [0.2, 0.25) is 5.02 Å². The van der Waals surface area contributed by atoms with Gasteiger partial charge in [-0.05, 0) is 31.7 Å². The Balaban J connectivity index is 2.05. The zero-order chi connectivity index (χ0) is 12.4. The van der Waals surface area contributed by atoms with Gasteiger partial charge >= 0.3 is 0 Å². The minimum absolute atomic E-state index is 0.181. The molecule has 17 heavy (non-hydrogen) atoms. The summed E-state index contributed by atoms with van der Waals surface area (Å²) in [4.78, 5) is 6.02. The van der Waals surface area contributed by atoms with Crippen LogP contribution < -0.4 is 4.90 Å². The van der Waals surface area contributed by atoms with Crippen LogP contribution in [0, 0.1) is 11.7 Å². The first-order valence-corrected chi connectivity index (χ1v) is 6.59. The maximum Gasteiger partial charge on any atom is 0.167 e. The van der Waals surface area contributed by atoms with Crippen LogP contribution in [0.3, 0.4) is 0 Å². The molecule has 1 aromatic rings. The number of anilines is 1. The van der Waals surface area contributed by atoms with Crippen LogP contribution in [0.25, 0.3) is 0 Å². The quantitative estimate of drug-likeness (QED) is 0.766. The second-order valence-corrected chi connectivity index (χ2v) is 5.59. The summed E-state index contributed by atoms with van der Waals surface area (Å²) in [5, 5.41) is 0.510. The highest BCUT2D eigenvalue weighted by Crippen LogP contribution is 2.28. The van der Waals surface area contributed by atoms with E-state index in [9.17, 15) is 4.39 Å². The highest BCUT2D eigenvalue weighted by atomic mass is 35.5. The molecule has 5 heteroatoms. The second-order valence-electron chi connectivity index (χ2n) is 4.46. The molecule has 94 valence electrons. The number of rotatable bonds is 2. The van der Waals surface area contributed by atoms with Crippen molar-refractivity contribution < 1.29 is 4.39 Å². The van der Waals surface area contributed by atoms with Crippen LogP contribution >= 0.6 is 23.2 Å². The number of aromatic nitrogens is 1. The van der Waals surface area contributed by atoms with Crippen molar-refractivity contribution in [3.05, 3.63) is 23.1 Å². The molecule has 0 amide bonds. The van der Waals surface area contributed by atoms with E-state index in [1.807, 2.05) is 11.8 Å². The molecule has 1 saturated heterocycles. The molecule has 0 N–H and O–H groups in total. The van der Waals surface area contributed by atoms with E-state index in [0.29, 0.717) is 16.8 Å². The second kappa shape index (κ2) is 5.40. The fourth-order valence-corrected chi connectivity index (χ4v) is 2.61. The van der Waals surface area contributed by atoms with Crippen LogP contribution in [-0.2, 0) is 0 Å². The molecule has 1 aromatic heterocycles. The molecule has 2 rings (SSSR count). The largest absolute Gasteiger partial charge is 0.354 e. The smallest absolute Gasteiger partial charge is 0.167 e. The Morgan fingerprint density at radius 3 is 2.65 bits per heavy atom. The van der Waals surface area contributed by atoms with Crippen LogP contribution in [0.15, 0.2) is 12.3 Å². The third-order valence-electron chi connectivity index (χ3n) is 3.28. The number of piperidine rings is 1. The van der Waals surface area contributed by atoms with Gasteiger partial charge in [-0.2, -0.15) is 0 Å². The number of halogens is 3. The van der Waals surface area contributed by atoms with E-state index in [0.717, 1.165) is 25.9 Å². The van der Waals surface area contributed by atoms with Gasteiger partial charge in [0.1, 0.15) is 0 Å². The van der Waals surface area contributed by atoms with Gasteiger partial charge in [-0.3, -0.25) is 0 Å². The molecule has 1 aliphatic heterocycles. The Morgan fingerprint density at radius 1 is 1.47 bits per heavy atom. The molecular weight excluding hydrogens is 262 g/mol. The standard InChI is InChI=1S/C12H15Cl2FN2/c1-8(13)9-2-4-17(5-3-9)12-11(15)6-10(14)7-16-12/h6-9H,2-5H2,1H3. The zero-order valence-corrected chi connectivity index (χ0v) is 11.2. The number of hydrogen-bond acceptors (Lipinski definition) is 2. The van der Waals surface area contributed by atoms with E-state index >= 15 is 0 Å². The van der Waals surface area contributed by atoms with Crippen LogP contribution in [-0.4, -0.2) is 23.5 Å². The molecular formula is C12H15Cl2FN2. The van der Waals surface area contributed by atoms with Crippen molar-refractivity contribution >= 4 is 29.0 Å². The minimum Gasteiger partial charge on any atom is -0.354 e. The normalized spacial score (nSPS) is 19.4. The lowest BCUT2D eigenvalue weighted by molar-refractivity contribution is 0.396. The summed E-state index contributed by atoms with van der Waals surface area (Å²) in [6.45, 7) is 3.61. The minimum atomic E-state index is -0.352. The van der Waals surface area contributed by atoms with Gasteiger partial charge < -0.3 is 4.90 Å². The number of hydrogen-bond donors (Lipinski definition) is 0. The van der Waals surface area contributed by atoms with Crippen molar-refractivity contribution in [1.82, 2.24) is 4.98 Å². The van der Waals surface area contributed by atoms with Crippen molar-refractivity contribution in [3.63, 3.8) is 0 Å². The van der Waals surface area contributed by atoms with Gasteiger partial charge in [0.2, 0.25) is 0 Å². The van der Waals surface area contributed by atoms with E-state index in [-0.39, 0.29) is 11.2 Å². The van der Waals surface area contributed by atoms with Crippen LogP contribution in [0.5, 0.6) is 0 Å². The fraction of sp³-hybridized carbons (Fsp3) is 0.583. The molecule has 1 aliphatic rings. The summed E-state index contributed by atoms with van der Waals surface area (Å²) in [5.41, 5.74) is 0. The van der Waals surface area contributed by atoms with Gasteiger partial charge in [0.05, 0.1) is 5.02 Å². The van der Waals surface area contributed by atoms with Gasteiger partial charge in [-0.15, -0.1) is 11.6 Å². The van der Waals surface area contributed by atoms with Crippen molar-refractivity contribution in [2.24, 2.45) is 5.92 Å². The molecule has 0 bridgehead atoms. The first-order valence-electron chi connectivity index (χ1n) is 5.78. The number of pyridine rings is 1. The lowest BCUT2D eigenvalue weighted by Crippen LogP contribution is -2.36. The fourth-order valence-electron chi connectivity index (χ4n) is 2.21. The molecule has 0 spiro atoms. The lowest BCUT2D eigenvalue weighted by Gasteiger charge is -2.33. The predicted octanol–water partition coefficient (Wildman–Crippen LogP) is 3.72. The average molecular weight is 277 g/mol. The topological polar surface area (TPSA) is 16.1 Å². The van der Waals surface area contributed by atoms with Crippen molar-refractivity contribution in [2.45, 2.75) is 25.1 Å². The molecule has 2 nitrogen and oxygen atoms in total. The Bertz CT molecular complexity index is 390. The van der Waals surface area contributed by atoms with Crippen molar-refractivity contribution in [3.8, 4) is 0 Å². The van der Waals surface area contributed by atoms with Crippen LogP contribution in [0.1, 0.15) is 19.8 Å². The number of nitrogens with zero attached hydrogens (tertiary/aromatic N) is 2. The lowest BCUT2D eigenvalue weighted by atomic mass is 9.94. The van der Waals surface area contributed by atoms with Gasteiger partial charge in [0, 0.05) is 24.7 Å². The van der Waals surface area contributed by atoms with E-state index in [4.69, 9.17) is 23.2 Å². The molecule has 0 radical (unpaired) electrons. The SMILES string of the molecule is CC(Cl)C1CCN(c2ncc(Cl)cc2F)CC1. The van der Waals surface area contributed by atoms with Gasteiger partial charge in [-0.25, -0.2) is 9.37 Å². The summed E-state index contributed by atoms with van der Waals surface area (Å²) in [5.74, 6) is 0.563. The van der Waals surface area contributed by atoms with E-state index < -0.39 is 0 Å². The first-order chi connectivity index (χ1) is 8.08. The highest BCUT2D eigenvalue weighted by molar-refractivity contribution is 6.30. The average Bonchev–Trinajstić information content (AvgIpc) is 2.29. The van der Waals surface area contributed by atoms with Crippen molar-refractivity contribution in [2.75, 3.05) is 18.0 Å². The molecule has 1 atom stereocenters. The number of alkyl halides is 1. The van der Waals surface area contributed by atoms with Crippen molar-refractivity contribution in [1.29, 1.82) is 0 Å². The van der Waals surface area contributed by atoms with Gasteiger partial charge in [0.25, 0.3) is 0 Å². The van der Waals surface area contributed by atoms with E-state index in [1.165, 1.54) is 12.3 Å². The Hall–Kier alpha value is -0.540. The Labute approximate surface area is 111 Å². The molecule has 1 fully saturated rings. The van der Waals surface area contributed by atoms with Gasteiger partial charge in [-0.1, -0.05) is 11.6 Å². The third kappa shape index (κ3) is 3.02. The summed E-state index contributed by atoms with van der Waals surface area (Å²) < 4.78 is 13.7. The summed E-state index contributed by atoms with van der Waals surface area (Å²) in [7, 11) is 0. The molecule has 0 saturated carbocycles. The molecule has 1 unspecified atom stereocenters. The highest BCUT2D eigenvalue weighted by Gasteiger charge is 2.24. The van der Waals surface area contributed by atoms with Gasteiger partial charge in [0.15, 0.2) is 11.6 Å².